The Balaban J connectivity index is 1.53. The van der Waals surface area contributed by atoms with Crippen LogP contribution in [0.4, 0.5) is 0 Å². The molecule has 0 saturated heterocycles. The van der Waals surface area contributed by atoms with Gasteiger partial charge in [-0.3, -0.25) is 14.4 Å². The van der Waals surface area contributed by atoms with Gasteiger partial charge in [0.05, 0.1) is 5.92 Å². The van der Waals surface area contributed by atoms with E-state index in [1.807, 2.05) is 18.2 Å². The van der Waals surface area contributed by atoms with Crippen LogP contribution in [0.5, 0.6) is 11.5 Å². The zero-order valence-electron chi connectivity index (χ0n) is 27.6. The van der Waals surface area contributed by atoms with Gasteiger partial charge in [-0.2, -0.15) is 0 Å². The minimum absolute atomic E-state index is 0.0321. The first-order valence-corrected chi connectivity index (χ1v) is 17.8. The first-order valence-electron chi connectivity index (χ1n) is 17.8. The molecule has 1 aliphatic heterocycles. The molecule has 1 heterocycles. The number of benzene rings is 1. The third kappa shape index (κ3) is 9.23. The summed E-state index contributed by atoms with van der Waals surface area (Å²) in [5.74, 6) is 1.42. The van der Waals surface area contributed by atoms with E-state index in [-0.39, 0.29) is 36.4 Å². The van der Waals surface area contributed by atoms with Crippen LogP contribution in [0, 0.1) is 29.6 Å². The van der Waals surface area contributed by atoms with Crippen LogP contribution in [0.15, 0.2) is 18.2 Å². The minimum Gasteiger partial charge on any atom is -0.481 e. The van der Waals surface area contributed by atoms with Crippen molar-refractivity contribution in [2.75, 3.05) is 19.9 Å². The van der Waals surface area contributed by atoms with E-state index in [1.54, 1.807) is 0 Å². The molecular formula is C37H57NO6. The number of Topliss-reactive ketones (excluding diaryl/α,β-unsaturated/α-hetero) is 1. The van der Waals surface area contributed by atoms with E-state index in [0.717, 1.165) is 102 Å². The number of hydrogen-bond acceptors (Lipinski definition) is 5. The van der Waals surface area contributed by atoms with Gasteiger partial charge in [-0.1, -0.05) is 52.5 Å². The molecule has 1 N–H and O–H groups in total. The van der Waals surface area contributed by atoms with Crippen LogP contribution in [0.25, 0.3) is 0 Å². The van der Waals surface area contributed by atoms with Crippen LogP contribution in [0.1, 0.15) is 135 Å². The molecule has 3 aliphatic rings. The van der Waals surface area contributed by atoms with Crippen molar-refractivity contribution in [2.45, 2.75) is 129 Å². The van der Waals surface area contributed by atoms with Crippen molar-refractivity contribution in [3.63, 3.8) is 0 Å². The first-order chi connectivity index (χ1) is 21.3. The predicted molar refractivity (Wildman–Crippen MR) is 173 cm³/mol. The van der Waals surface area contributed by atoms with Gasteiger partial charge in [0, 0.05) is 31.8 Å². The quantitative estimate of drug-likeness (QED) is 0.200. The summed E-state index contributed by atoms with van der Waals surface area (Å²) in [6, 6.07) is 5.89. The maximum Gasteiger partial charge on any atom is 0.307 e. The van der Waals surface area contributed by atoms with Crippen molar-refractivity contribution in [3.05, 3.63) is 23.8 Å². The molecule has 4 rings (SSSR count). The summed E-state index contributed by atoms with van der Waals surface area (Å²) in [6.45, 7) is 8.26. The lowest BCUT2D eigenvalue weighted by atomic mass is 9.73. The lowest BCUT2D eigenvalue weighted by Gasteiger charge is -2.30. The highest BCUT2D eigenvalue weighted by molar-refractivity contribution is 5.81. The van der Waals surface area contributed by atoms with E-state index in [2.05, 4.69) is 25.7 Å². The summed E-state index contributed by atoms with van der Waals surface area (Å²) in [4.78, 5) is 41.5. The highest BCUT2D eigenvalue weighted by Gasteiger charge is 2.41. The lowest BCUT2D eigenvalue weighted by molar-refractivity contribution is -0.145. The number of carboxylic acid groups (broad SMARTS) is 1. The molecule has 7 nitrogen and oxygen atoms in total. The fourth-order valence-electron chi connectivity index (χ4n) is 8.07. The molecule has 7 heteroatoms. The van der Waals surface area contributed by atoms with E-state index < -0.39 is 11.9 Å². The van der Waals surface area contributed by atoms with Crippen LogP contribution in [0.2, 0.25) is 0 Å². The fourth-order valence-corrected chi connectivity index (χ4v) is 8.07. The second-order valence-electron chi connectivity index (χ2n) is 13.8. The number of unbranched alkanes of at least 4 members (excludes halogenated alkanes) is 2. The number of amides is 1. The summed E-state index contributed by atoms with van der Waals surface area (Å²) in [6.07, 6.45) is 14.5. The van der Waals surface area contributed by atoms with Crippen molar-refractivity contribution in [2.24, 2.45) is 29.6 Å². The van der Waals surface area contributed by atoms with Gasteiger partial charge in [-0.15, -0.1) is 0 Å². The zero-order chi connectivity index (χ0) is 31.5. The Morgan fingerprint density at radius 1 is 0.864 bits per heavy atom. The highest BCUT2D eigenvalue weighted by Crippen LogP contribution is 2.47. The van der Waals surface area contributed by atoms with Gasteiger partial charge in [0.15, 0.2) is 11.5 Å². The van der Waals surface area contributed by atoms with E-state index >= 15 is 0 Å². The average Bonchev–Trinajstić information content (AvgIpc) is 3.32. The predicted octanol–water partition coefficient (Wildman–Crippen LogP) is 8.39. The molecule has 1 amide bonds. The second-order valence-corrected chi connectivity index (χ2v) is 13.8. The van der Waals surface area contributed by atoms with Gasteiger partial charge in [-0.05, 0) is 106 Å². The fraction of sp³-hybridized carbons (Fsp3) is 0.757. The van der Waals surface area contributed by atoms with Crippen LogP contribution < -0.4 is 9.47 Å². The molecule has 2 fully saturated rings. The van der Waals surface area contributed by atoms with Gasteiger partial charge < -0.3 is 19.5 Å². The molecule has 1 aromatic rings. The highest BCUT2D eigenvalue weighted by atomic mass is 16.7. The molecule has 1 aromatic carbocycles. The van der Waals surface area contributed by atoms with Crippen molar-refractivity contribution in [1.82, 2.24) is 4.90 Å². The van der Waals surface area contributed by atoms with E-state index in [1.165, 1.54) is 0 Å². The number of hydrogen-bond donors (Lipinski definition) is 1. The number of fused-ring (bicyclic) bond motifs is 1. The van der Waals surface area contributed by atoms with Crippen molar-refractivity contribution in [3.8, 4) is 11.5 Å². The summed E-state index contributed by atoms with van der Waals surface area (Å²) in [7, 11) is 0. The molecule has 0 aromatic heterocycles. The molecule has 0 radical (unpaired) electrons. The number of rotatable bonds is 15. The Morgan fingerprint density at radius 3 is 2.30 bits per heavy atom. The van der Waals surface area contributed by atoms with Gasteiger partial charge >= 0.3 is 5.97 Å². The molecule has 2 aliphatic carbocycles. The zero-order valence-corrected chi connectivity index (χ0v) is 27.6. The minimum atomic E-state index is -0.740. The molecule has 0 spiro atoms. The first kappa shape index (κ1) is 34.3. The molecule has 44 heavy (non-hydrogen) atoms. The smallest absolute Gasteiger partial charge is 0.307 e. The number of carbonyl (C=O) groups excluding carboxylic acids is 2. The van der Waals surface area contributed by atoms with Crippen molar-refractivity contribution >= 4 is 17.7 Å². The maximum absolute atomic E-state index is 13.6. The topological polar surface area (TPSA) is 93.1 Å². The maximum atomic E-state index is 13.6. The van der Waals surface area contributed by atoms with Gasteiger partial charge in [0.2, 0.25) is 12.7 Å². The number of aliphatic carboxylic acids is 1. The van der Waals surface area contributed by atoms with E-state index in [0.29, 0.717) is 42.5 Å². The number of ketones is 1. The normalized spacial score (nSPS) is 27.0. The molecule has 2 saturated carbocycles. The Labute approximate surface area is 265 Å². The van der Waals surface area contributed by atoms with Gasteiger partial charge in [0.1, 0.15) is 5.78 Å². The van der Waals surface area contributed by atoms with E-state index in [4.69, 9.17) is 9.47 Å². The van der Waals surface area contributed by atoms with Crippen LogP contribution in [-0.2, 0) is 14.4 Å². The number of ether oxygens (including phenoxy) is 2. The van der Waals surface area contributed by atoms with E-state index in [9.17, 15) is 19.5 Å². The van der Waals surface area contributed by atoms with Crippen LogP contribution >= 0.6 is 0 Å². The average molecular weight is 612 g/mol. The second kappa shape index (κ2) is 17.2. The standard InChI is InChI=1S/C37H57NO6/c1-4-7-20-38(21-8-5-2)35(40)23-27-12-16-29(15-11-26-10-14-28(9-6-3)32(39)18-13-26)36(37(41)42)31(22-27)30-17-19-33-34(24-30)44-25-43-33/h17,19,24,26-29,31,36H,4-16,18,20-23,25H2,1-3H3,(H,41,42)/t26-,27?,28?,29-,31-,36+/m1/s1. The Bertz CT molecular complexity index is 1080. The van der Waals surface area contributed by atoms with Crippen molar-refractivity contribution in [1.29, 1.82) is 0 Å². The summed E-state index contributed by atoms with van der Waals surface area (Å²) >= 11 is 0. The molecule has 246 valence electrons. The van der Waals surface area contributed by atoms with Crippen LogP contribution in [0.3, 0.4) is 0 Å². The monoisotopic (exact) mass is 611 g/mol. The number of carbonyl (C=O) groups is 3. The molecular weight excluding hydrogens is 554 g/mol. The van der Waals surface area contributed by atoms with Gasteiger partial charge in [0.25, 0.3) is 0 Å². The molecule has 0 bridgehead atoms. The Kier molecular flexibility index (Phi) is 13.4. The Hall–Kier alpha value is -2.57. The van der Waals surface area contributed by atoms with Crippen LogP contribution in [-0.4, -0.2) is 47.5 Å². The largest absolute Gasteiger partial charge is 0.481 e. The number of carboxylic acids is 1. The molecule has 6 atom stereocenters. The SMILES string of the molecule is CCCCN(CCCC)C(=O)CC1CC[C@@H](CC[C@@H]2CCC(=O)C(CCC)CC2)[C@H](C(=O)O)[C@@H](c2ccc3c(c2)OCO3)C1. The number of nitrogens with zero attached hydrogens (tertiary/aromatic N) is 1. The van der Waals surface area contributed by atoms with Crippen molar-refractivity contribution < 1.29 is 29.0 Å². The third-order valence-corrected chi connectivity index (χ3v) is 10.7. The summed E-state index contributed by atoms with van der Waals surface area (Å²) < 4.78 is 11.3. The lowest BCUT2D eigenvalue weighted by Crippen LogP contribution is -2.34. The third-order valence-electron chi connectivity index (χ3n) is 10.7. The van der Waals surface area contributed by atoms with Gasteiger partial charge in [-0.25, -0.2) is 0 Å². The Morgan fingerprint density at radius 2 is 1.59 bits per heavy atom. The summed E-state index contributed by atoms with van der Waals surface area (Å²) in [5.41, 5.74) is 0.974. The molecule has 2 unspecified atom stereocenters. The summed E-state index contributed by atoms with van der Waals surface area (Å²) in [5, 5.41) is 10.7.